The largest absolute Gasteiger partial charge is 0.338 e. The number of nitrogens with one attached hydrogen (secondary N) is 1. The van der Waals surface area contributed by atoms with Crippen LogP contribution < -0.4 is 5.32 Å². The van der Waals surface area contributed by atoms with E-state index in [2.05, 4.69) is 35.5 Å². The summed E-state index contributed by atoms with van der Waals surface area (Å²) in [6.45, 7) is 3.71. The van der Waals surface area contributed by atoms with Gasteiger partial charge in [-0.15, -0.1) is 0 Å². The summed E-state index contributed by atoms with van der Waals surface area (Å²) in [6.07, 6.45) is 5.56. The van der Waals surface area contributed by atoms with Gasteiger partial charge in [0.15, 0.2) is 11.6 Å². The number of hydrogen-bond donors (Lipinski definition) is 1. The van der Waals surface area contributed by atoms with Crippen molar-refractivity contribution < 1.29 is 13.7 Å². The summed E-state index contributed by atoms with van der Waals surface area (Å²) >= 11 is 0. The highest BCUT2D eigenvalue weighted by molar-refractivity contribution is 5.92. The molecule has 1 aliphatic carbocycles. The Bertz CT molecular complexity index is 1380. The van der Waals surface area contributed by atoms with Crippen LogP contribution in [0.2, 0.25) is 0 Å². The van der Waals surface area contributed by atoms with E-state index in [1.807, 2.05) is 6.92 Å². The minimum Gasteiger partial charge on any atom is -0.338 e. The third-order valence-corrected chi connectivity index (χ3v) is 6.08. The first-order valence-electron chi connectivity index (χ1n) is 10.9. The number of halogens is 1. The van der Waals surface area contributed by atoms with E-state index in [4.69, 9.17) is 4.52 Å². The third kappa shape index (κ3) is 4.28. The van der Waals surface area contributed by atoms with Crippen LogP contribution in [0.25, 0.3) is 11.4 Å². The van der Waals surface area contributed by atoms with Crippen LogP contribution in [0.15, 0.2) is 35.2 Å². The molecule has 3 heterocycles. The second-order valence-electron chi connectivity index (χ2n) is 8.75. The van der Waals surface area contributed by atoms with Gasteiger partial charge in [0.25, 0.3) is 0 Å². The van der Waals surface area contributed by atoms with Crippen LogP contribution in [0.5, 0.6) is 0 Å². The van der Waals surface area contributed by atoms with E-state index >= 15 is 4.39 Å². The Morgan fingerprint density at radius 3 is 2.79 bits per heavy atom. The Kier molecular flexibility index (Phi) is 5.39. The van der Waals surface area contributed by atoms with Crippen LogP contribution in [0.3, 0.4) is 0 Å². The number of ketones is 1. The Labute approximate surface area is 194 Å². The van der Waals surface area contributed by atoms with Crippen molar-refractivity contribution in [3.05, 3.63) is 59.4 Å². The van der Waals surface area contributed by atoms with Crippen molar-refractivity contribution in [2.45, 2.75) is 44.9 Å². The molecule has 0 amide bonds. The molecule has 0 unspecified atom stereocenters. The lowest BCUT2D eigenvalue weighted by Crippen LogP contribution is -2.07. The SMILES string of the molecule is Cc1c(CCC(=O)c2noc(C3(C)CC3)n2)ccc(-c2ncnc(Nc3ccn(C)n3)n2)c1F. The summed E-state index contributed by atoms with van der Waals surface area (Å²) in [5.74, 6) is 0.942. The van der Waals surface area contributed by atoms with E-state index in [-0.39, 0.29) is 40.8 Å². The average Bonchev–Trinajstić information content (AvgIpc) is 3.20. The summed E-state index contributed by atoms with van der Waals surface area (Å²) in [5.41, 5.74) is 1.31. The maximum absolute atomic E-state index is 15.2. The van der Waals surface area contributed by atoms with Crippen molar-refractivity contribution in [2.24, 2.45) is 7.05 Å². The van der Waals surface area contributed by atoms with E-state index in [1.54, 1.807) is 43.0 Å². The van der Waals surface area contributed by atoms with E-state index in [0.29, 0.717) is 29.3 Å². The van der Waals surface area contributed by atoms with Gasteiger partial charge in [-0.3, -0.25) is 9.48 Å². The summed E-state index contributed by atoms with van der Waals surface area (Å²) in [4.78, 5) is 29.3. The van der Waals surface area contributed by atoms with Crippen molar-refractivity contribution in [2.75, 3.05) is 5.32 Å². The van der Waals surface area contributed by atoms with Crippen LogP contribution in [0, 0.1) is 12.7 Å². The minimum absolute atomic E-state index is 0.0796. The highest BCUT2D eigenvalue weighted by atomic mass is 19.1. The van der Waals surface area contributed by atoms with Gasteiger partial charge in [0.05, 0.1) is 5.56 Å². The van der Waals surface area contributed by atoms with E-state index in [1.165, 1.54) is 6.33 Å². The van der Waals surface area contributed by atoms with Gasteiger partial charge in [0, 0.05) is 31.1 Å². The Morgan fingerprint density at radius 1 is 1.24 bits per heavy atom. The number of rotatable bonds is 8. The van der Waals surface area contributed by atoms with E-state index in [9.17, 15) is 4.79 Å². The molecule has 0 radical (unpaired) electrons. The maximum atomic E-state index is 15.2. The summed E-state index contributed by atoms with van der Waals surface area (Å²) in [5, 5.41) is 11.0. The summed E-state index contributed by atoms with van der Waals surface area (Å²) in [6, 6.07) is 5.16. The third-order valence-electron chi connectivity index (χ3n) is 6.08. The van der Waals surface area contributed by atoms with Crippen molar-refractivity contribution in [3.8, 4) is 11.4 Å². The summed E-state index contributed by atoms with van der Waals surface area (Å²) < 4.78 is 22.1. The second-order valence-corrected chi connectivity index (χ2v) is 8.75. The molecule has 10 nitrogen and oxygen atoms in total. The molecule has 1 saturated carbocycles. The van der Waals surface area contributed by atoms with Gasteiger partial charge in [0.2, 0.25) is 23.4 Å². The lowest BCUT2D eigenvalue weighted by molar-refractivity contribution is 0.0970. The normalized spacial score (nSPS) is 14.2. The van der Waals surface area contributed by atoms with Crippen molar-refractivity contribution in [1.29, 1.82) is 0 Å². The molecule has 0 bridgehead atoms. The van der Waals surface area contributed by atoms with Crippen molar-refractivity contribution in [1.82, 2.24) is 34.9 Å². The first-order valence-corrected chi connectivity index (χ1v) is 10.9. The Morgan fingerprint density at radius 2 is 2.06 bits per heavy atom. The molecule has 0 spiro atoms. The molecule has 34 heavy (non-hydrogen) atoms. The zero-order valence-electron chi connectivity index (χ0n) is 19.0. The molecule has 1 fully saturated rings. The summed E-state index contributed by atoms with van der Waals surface area (Å²) in [7, 11) is 1.80. The van der Waals surface area contributed by atoms with Gasteiger partial charge in [-0.1, -0.05) is 18.1 Å². The molecule has 0 aliphatic heterocycles. The standard InChI is InChI=1S/C23H23FN8O2/c1-13-14(5-7-16(33)20-28-21(34-31-20)23(2)9-10-23)4-6-15(18(13)24)19-25-12-26-22(29-19)27-17-8-11-32(3)30-17/h4,6,8,11-12H,5,7,9-10H2,1-3H3,(H,25,26,27,29,30). The fourth-order valence-corrected chi connectivity index (χ4v) is 3.59. The fraction of sp³-hybridized carbons (Fsp3) is 0.348. The molecule has 1 N–H and O–H groups in total. The number of nitrogens with zero attached hydrogens (tertiary/aromatic N) is 7. The van der Waals surface area contributed by atoms with Crippen LogP contribution in [0.1, 0.15) is 53.8 Å². The van der Waals surface area contributed by atoms with Gasteiger partial charge in [-0.05, 0) is 43.4 Å². The van der Waals surface area contributed by atoms with Crippen molar-refractivity contribution >= 4 is 17.5 Å². The first-order chi connectivity index (χ1) is 16.3. The monoisotopic (exact) mass is 462 g/mol. The fourth-order valence-electron chi connectivity index (χ4n) is 3.59. The average molecular weight is 462 g/mol. The maximum Gasteiger partial charge on any atom is 0.238 e. The number of anilines is 2. The Hall–Kier alpha value is -4.02. The second kappa shape index (κ2) is 8.40. The highest BCUT2D eigenvalue weighted by Gasteiger charge is 2.44. The van der Waals surface area contributed by atoms with E-state index < -0.39 is 5.82 Å². The zero-order valence-corrected chi connectivity index (χ0v) is 19.0. The number of carbonyl (C=O) groups is 1. The van der Waals surface area contributed by atoms with Crippen LogP contribution in [-0.2, 0) is 18.9 Å². The predicted octanol–water partition coefficient (Wildman–Crippen LogP) is 3.71. The Balaban J connectivity index is 1.29. The molecule has 5 rings (SSSR count). The van der Waals surface area contributed by atoms with Gasteiger partial charge in [0.1, 0.15) is 12.1 Å². The van der Waals surface area contributed by atoms with Gasteiger partial charge in [-0.25, -0.2) is 14.4 Å². The number of aryl methyl sites for hydroxylation is 2. The van der Waals surface area contributed by atoms with Crippen LogP contribution in [0.4, 0.5) is 16.2 Å². The number of Topliss-reactive ketones (excluding diaryl/α,β-unsaturated/α-hetero) is 1. The minimum atomic E-state index is -0.441. The lowest BCUT2D eigenvalue weighted by atomic mass is 9.98. The molecular formula is C23H23FN8O2. The van der Waals surface area contributed by atoms with Crippen molar-refractivity contribution in [3.63, 3.8) is 0 Å². The first kappa shape index (κ1) is 21.8. The van der Waals surface area contributed by atoms with E-state index in [0.717, 1.165) is 12.8 Å². The molecule has 1 aromatic carbocycles. The lowest BCUT2D eigenvalue weighted by Gasteiger charge is -2.10. The molecule has 1 aliphatic rings. The number of aromatic nitrogens is 7. The molecule has 11 heteroatoms. The predicted molar refractivity (Wildman–Crippen MR) is 120 cm³/mol. The number of hydrogen-bond acceptors (Lipinski definition) is 9. The number of carbonyl (C=O) groups excluding carboxylic acids is 1. The molecule has 174 valence electrons. The molecule has 4 aromatic rings. The van der Waals surface area contributed by atoms with Gasteiger partial charge >= 0.3 is 0 Å². The highest BCUT2D eigenvalue weighted by Crippen LogP contribution is 2.46. The molecule has 3 aromatic heterocycles. The van der Waals surface area contributed by atoms with Crippen LogP contribution in [-0.4, -0.2) is 40.7 Å². The van der Waals surface area contributed by atoms with Gasteiger partial charge in [-0.2, -0.15) is 15.1 Å². The smallest absolute Gasteiger partial charge is 0.238 e. The van der Waals surface area contributed by atoms with Crippen LogP contribution >= 0.6 is 0 Å². The topological polar surface area (TPSA) is 125 Å². The zero-order chi connectivity index (χ0) is 23.9. The molecule has 0 saturated heterocycles. The number of benzene rings is 1. The van der Waals surface area contributed by atoms with Gasteiger partial charge < -0.3 is 9.84 Å². The molecular weight excluding hydrogens is 439 g/mol. The quantitative estimate of drug-likeness (QED) is 0.390. The molecule has 0 atom stereocenters.